The van der Waals surface area contributed by atoms with Crippen LogP contribution in [-0.2, 0) is 6.54 Å². The van der Waals surface area contributed by atoms with Gasteiger partial charge >= 0.3 is 0 Å². The second-order valence-corrected chi connectivity index (χ2v) is 7.00. The van der Waals surface area contributed by atoms with Crippen molar-refractivity contribution in [1.29, 1.82) is 0 Å². The van der Waals surface area contributed by atoms with Crippen LogP contribution in [0.25, 0.3) is 27.8 Å². The van der Waals surface area contributed by atoms with Crippen LogP contribution in [0.15, 0.2) is 43.1 Å². The zero-order valence-corrected chi connectivity index (χ0v) is 15.5. The lowest BCUT2D eigenvalue weighted by molar-refractivity contribution is 0.399. The molecule has 27 heavy (non-hydrogen) atoms. The lowest BCUT2D eigenvalue weighted by Gasteiger charge is -2.07. The fourth-order valence-electron chi connectivity index (χ4n) is 3.25. The first kappa shape index (κ1) is 15.9. The Bertz CT molecular complexity index is 1260. The van der Waals surface area contributed by atoms with E-state index in [1.807, 2.05) is 37.6 Å². The van der Waals surface area contributed by atoms with Crippen LogP contribution >= 0.6 is 11.5 Å². The highest BCUT2D eigenvalue weighted by Crippen LogP contribution is 2.31. The molecule has 0 unspecified atom stereocenters. The maximum absolute atomic E-state index is 5.42. The van der Waals surface area contributed by atoms with E-state index in [-0.39, 0.29) is 0 Å². The second-order valence-electron chi connectivity index (χ2n) is 6.08. The van der Waals surface area contributed by atoms with Gasteiger partial charge in [0, 0.05) is 34.6 Å². The molecule has 0 aliphatic rings. The monoisotopic (exact) mass is 377 g/mol. The van der Waals surface area contributed by atoms with Gasteiger partial charge in [0.2, 0.25) is 5.88 Å². The standard InChI is InChI=1S/C18H15N7OS/c1-11-23-17-15(24(11)9-13-3-5-22-27-13)7-12(8-19-17)14-4-6-25-16(14)18(26-2)20-10-21-25/h3-8,10H,9H2,1-2H3. The van der Waals surface area contributed by atoms with Crippen LogP contribution in [0.3, 0.4) is 0 Å². The molecule has 0 fully saturated rings. The van der Waals surface area contributed by atoms with Gasteiger partial charge in [-0.2, -0.15) is 10.1 Å². The molecule has 0 aliphatic carbocycles. The van der Waals surface area contributed by atoms with E-state index >= 15 is 0 Å². The number of aryl methyl sites for hydroxylation is 1. The fourth-order valence-corrected chi connectivity index (χ4v) is 3.82. The third-order valence-corrected chi connectivity index (χ3v) is 5.25. The number of imidazole rings is 1. The van der Waals surface area contributed by atoms with Gasteiger partial charge in [-0.1, -0.05) is 0 Å². The zero-order valence-electron chi connectivity index (χ0n) is 14.7. The number of ether oxygens (including phenoxy) is 1. The fraction of sp³-hybridized carbons (Fsp3) is 0.167. The van der Waals surface area contributed by atoms with Gasteiger partial charge in [-0.25, -0.2) is 18.9 Å². The molecule has 0 atom stereocenters. The molecule has 0 N–H and O–H groups in total. The van der Waals surface area contributed by atoms with Crippen molar-refractivity contribution in [3.05, 3.63) is 53.8 Å². The molecular formula is C18H15N7OS. The molecule has 0 aliphatic heterocycles. The molecule has 0 radical (unpaired) electrons. The summed E-state index contributed by atoms with van der Waals surface area (Å²) >= 11 is 1.49. The van der Waals surface area contributed by atoms with Crippen molar-refractivity contribution < 1.29 is 4.74 Å². The molecule has 0 saturated heterocycles. The van der Waals surface area contributed by atoms with Crippen molar-refractivity contribution in [3.8, 4) is 17.0 Å². The van der Waals surface area contributed by atoms with Crippen LogP contribution in [0.1, 0.15) is 10.7 Å². The first-order valence-electron chi connectivity index (χ1n) is 8.34. The Kier molecular flexibility index (Phi) is 3.61. The molecular weight excluding hydrogens is 362 g/mol. The molecule has 134 valence electrons. The van der Waals surface area contributed by atoms with E-state index < -0.39 is 0 Å². The topological polar surface area (TPSA) is 83.0 Å². The lowest BCUT2D eigenvalue weighted by Crippen LogP contribution is -2.00. The molecule has 5 aromatic rings. The van der Waals surface area contributed by atoms with E-state index in [0.717, 1.165) is 40.2 Å². The molecule has 0 saturated carbocycles. The molecule has 0 spiro atoms. The maximum atomic E-state index is 5.42. The number of fused-ring (bicyclic) bond motifs is 2. The highest BCUT2D eigenvalue weighted by atomic mass is 32.1. The Balaban J connectivity index is 1.69. The quantitative estimate of drug-likeness (QED) is 0.479. The summed E-state index contributed by atoms with van der Waals surface area (Å²) in [6.07, 6.45) is 7.01. The number of nitrogens with zero attached hydrogens (tertiary/aromatic N) is 7. The minimum Gasteiger partial charge on any atom is -0.479 e. The molecule has 0 bridgehead atoms. The number of rotatable bonds is 4. The first-order valence-corrected chi connectivity index (χ1v) is 9.11. The van der Waals surface area contributed by atoms with E-state index in [9.17, 15) is 0 Å². The molecule has 5 rings (SSSR count). The van der Waals surface area contributed by atoms with E-state index in [2.05, 4.69) is 35.1 Å². The summed E-state index contributed by atoms with van der Waals surface area (Å²) in [7, 11) is 1.61. The van der Waals surface area contributed by atoms with Crippen molar-refractivity contribution in [2.75, 3.05) is 7.11 Å². The highest BCUT2D eigenvalue weighted by molar-refractivity contribution is 7.05. The number of pyridine rings is 1. The predicted molar refractivity (Wildman–Crippen MR) is 102 cm³/mol. The number of aromatic nitrogens is 7. The third kappa shape index (κ3) is 2.55. The summed E-state index contributed by atoms with van der Waals surface area (Å²) in [6, 6.07) is 6.12. The molecule has 9 heteroatoms. The van der Waals surface area contributed by atoms with Crippen LogP contribution in [0.2, 0.25) is 0 Å². The Morgan fingerprint density at radius 2 is 2.15 bits per heavy atom. The van der Waals surface area contributed by atoms with E-state index in [1.165, 1.54) is 22.7 Å². The van der Waals surface area contributed by atoms with Gasteiger partial charge in [0.25, 0.3) is 0 Å². The Morgan fingerprint density at radius 3 is 2.96 bits per heavy atom. The van der Waals surface area contributed by atoms with Crippen molar-refractivity contribution in [1.82, 2.24) is 33.5 Å². The highest BCUT2D eigenvalue weighted by Gasteiger charge is 2.16. The first-order chi connectivity index (χ1) is 13.2. The van der Waals surface area contributed by atoms with Gasteiger partial charge in [-0.15, -0.1) is 0 Å². The van der Waals surface area contributed by atoms with Gasteiger partial charge in [0.1, 0.15) is 17.7 Å². The molecule has 0 aromatic carbocycles. The van der Waals surface area contributed by atoms with Crippen LogP contribution in [0.5, 0.6) is 5.88 Å². The van der Waals surface area contributed by atoms with Crippen LogP contribution in [0.4, 0.5) is 0 Å². The maximum Gasteiger partial charge on any atom is 0.241 e. The summed E-state index contributed by atoms with van der Waals surface area (Å²) in [5.41, 5.74) is 4.45. The summed E-state index contributed by atoms with van der Waals surface area (Å²) in [4.78, 5) is 14.6. The van der Waals surface area contributed by atoms with E-state index in [1.54, 1.807) is 11.6 Å². The molecule has 5 heterocycles. The van der Waals surface area contributed by atoms with Crippen LogP contribution in [-0.4, -0.2) is 40.6 Å². The Morgan fingerprint density at radius 1 is 1.22 bits per heavy atom. The van der Waals surface area contributed by atoms with Crippen LogP contribution < -0.4 is 4.74 Å². The zero-order chi connectivity index (χ0) is 18.4. The molecule has 5 aromatic heterocycles. The van der Waals surface area contributed by atoms with Crippen molar-refractivity contribution in [2.45, 2.75) is 13.5 Å². The summed E-state index contributed by atoms with van der Waals surface area (Å²) < 4.78 is 13.5. The van der Waals surface area contributed by atoms with Gasteiger partial charge < -0.3 is 9.30 Å². The number of hydrogen-bond donors (Lipinski definition) is 0. The summed E-state index contributed by atoms with van der Waals surface area (Å²) in [6.45, 7) is 2.72. The summed E-state index contributed by atoms with van der Waals surface area (Å²) in [5, 5.41) is 4.25. The van der Waals surface area contributed by atoms with Gasteiger partial charge in [-0.05, 0) is 36.7 Å². The Hall–Kier alpha value is -3.33. The molecule has 8 nitrogen and oxygen atoms in total. The number of methoxy groups -OCH3 is 1. The minimum absolute atomic E-state index is 0.527. The normalized spacial score (nSPS) is 11.5. The van der Waals surface area contributed by atoms with E-state index in [4.69, 9.17) is 4.74 Å². The average Bonchev–Trinajstić information content (AvgIpc) is 3.41. The van der Waals surface area contributed by atoms with Crippen molar-refractivity contribution in [3.63, 3.8) is 0 Å². The Labute approximate surface area is 158 Å². The van der Waals surface area contributed by atoms with Gasteiger partial charge in [-0.3, -0.25) is 0 Å². The van der Waals surface area contributed by atoms with Crippen LogP contribution in [0, 0.1) is 6.92 Å². The second kappa shape index (κ2) is 6.13. The predicted octanol–water partition coefficient (Wildman–Crippen LogP) is 2.96. The van der Waals surface area contributed by atoms with Crippen molar-refractivity contribution >= 4 is 28.2 Å². The lowest BCUT2D eigenvalue weighted by atomic mass is 10.1. The van der Waals surface area contributed by atoms with Gasteiger partial charge in [0.05, 0.1) is 19.2 Å². The third-order valence-electron chi connectivity index (χ3n) is 4.53. The largest absolute Gasteiger partial charge is 0.479 e. The van der Waals surface area contributed by atoms with E-state index in [0.29, 0.717) is 5.88 Å². The minimum atomic E-state index is 0.527. The molecule has 0 amide bonds. The SMILES string of the molecule is COc1ncnn2ccc(-c3cnc4nc(C)n(Cc5ccns5)c4c3)c12. The average molecular weight is 377 g/mol. The van der Waals surface area contributed by atoms with Gasteiger partial charge in [0.15, 0.2) is 5.65 Å². The summed E-state index contributed by atoms with van der Waals surface area (Å²) in [5.74, 6) is 1.45. The van der Waals surface area contributed by atoms with Crippen molar-refractivity contribution in [2.24, 2.45) is 0 Å². The number of hydrogen-bond acceptors (Lipinski definition) is 7. The smallest absolute Gasteiger partial charge is 0.241 e.